The number of fused-ring (bicyclic) bond motifs is 1. The number of aromatic amines is 1. The van der Waals surface area contributed by atoms with Crippen molar-refractivity contribution in [1.82, 2.24) is 15.6 Å². The molecule has 1 heterocycles. The van der Waals surface area contributed by atoms with E-state index in [1.807, 2.05) is 62.4 Å². The summed E-state index contributed by atoms with van der Waals surface area (Å²) >= 11 is 0. The number of rotatable bonds is 6. The van der Waals surface area contributed by atoms with Gasteiger partial charge in [0.15, 0.2) is 0 Å². The molecule has 0 aliphatic heterocycles. The summed E-state index contributed by atoms with van der Waals surface area (Å²) in [5.74, 6) is 0.412. The number of hydrogen-bond acceptors (Lipinski definition) is 4. The lowest BCUT2D eigenvalue weighted by Crippen LogP contribution is -2.19. The third kappa shape index (κ3) is 4.22. The number of amides is 1. The van der Waals surface area contributed by atoms with Crippen molar-refractivity contribution in [2.75, 3.05) is 6.61 Å². The SMILES string of the molecule is CCOc1cccc(-c2cc(C(=O)N/N=C(/C)c3ccc4ccccc4c3)[nH]n2)c1. The van der Waals surface area contributed by atoms with E-state index in [4.69, 9.17) is 4.74 Å². The molecule has 0 fully saturated rings. The summed E-state index contributed by atoms with van der Waals surface area (Å²) in [6, 6.07) is 23.5. The van der Waals surface area contributed by atoms with E-state index in [9.17, 15) is 4.79 Å². The van der Waals surface area contributed by atoms with Crippen LogP contribution in [0.3, 0.4) is 0 Å². The largest absolute Gasteiger partial charge is 0.494 e. The molecule has 0 atom stereocenters. The minimum Gasteiger partial charge on any atom is -0.494 e. The minimum absolute atomic E-state index is 0.335. The number of nitrogens with zero attached hydrogens (tertiary/aromatic N) is 2. The van der Waals surface area contributed by atoms with Gasteiger partial charge in [-0.05, 0) is 54.4 Å². The summed E-state index contributed by atoms with van der Waals surface area (Å²) in [5.41, 5.74) is 6.13. The van der Waals surface area contributed by atoms with Crippen LogP contribution >= 0.6 is 0 Å². The van der Waals surface area contributed by atoms with E-state index >= 15 is 0 Å². The van der Waals surface area contributed by atoms with Gasteiger partial charge in [-0.25, -0.2) is 5.43 Å². The van der Waals surface area contributed by atoms with Crippen LogP contribution in [0.1, 0.15) is 29.9 Å². The molecule has 30 heavy (non-hydrogen) atoms. The first kappa shape index (κ1) is 19.4. The Bertz CT molecular complexity index is 1230. The van der Waals surface area contributed by atoms with Crippen LogP contribution in [0.15, 0.2) is 77.9 Å². The van der Waals surface area contributed by atoms with E-state index in [1.54, 1.807) is 6.07 Å². The van der Waals surface area contributed by atoms with E-state index in [0.717, 1.165) is 33.4 Å². The Hall–Kier alpha value is -3.93. The Kier molecular flexibility index (Phi) is 5.57. The van der Waals surface area contributed by atoms with E-state index in [0.29, 0.717) is 18.0 Å². The first-order valence-electron chi connectivity index (χ1n) is 9.76. The Labute approximate surface area is 174 Å². The number of H-pyrrole nitrogens is 1. The lowest BCUT2D eigenvalue weighted by Gasteiger charge is -2.04. The van der Waals surface area contributed by atoms with Crippen LogP contribution in [0.25, 0.3) is 22.0 Å². The van der Waals surface area contributed by atoms with Crippen molar-refractivity contribution >= 4 is 22.4 Å². The van der Waals surface area contributed by atoms with E-state index < -0.39 is 0 Å². The molecule has 0 bridgehead atoms. The highest BCUT2D eigenvalue weighted by Gasteiger charge is 2.11. The summed E-state index contributed by atoms with van der Waals surface area (Å²) in [5, 5.41) is 13.5. The predicted molar refractivity (Wildman–Crippen MR) is 119 cm³/mol. The van der Waals surface area contributed by atoms with Crippen molar-refractivity contribution in [3.8, 4) is 17.0 Å². The van der Waals surface area contributed by atoms with Gasteiger partial charge in [-0.2, -0.15) is 10.2 Å². The first-order valence-corrected chi connectivity index (χ1v) is 9.76. The molecule has 4 rings (SSSR count). The Morgan fingerprint density at radius 2 is 1.87 bits per heavy atom. The van der Waals surface area contributed by atoms with Crippen LogP contribution in [-0.4, -0.2) is 28.4 Å². The maximum absolute atomic E-state index is 12.5. The van der Waals surface area contributed by atoms with Gasteiger partial charge in [-0.1, -0.05) is 48.5 Å². The fourth-order valence-corrected chi connectivity index (χ4v) is 3.17. The van der Waals surface area contributed by atoms with Crippen LogP contribution in [0.2, 0.25) is 0 Å². The smallest absolute Gasteiger partial charge is 0.289 e. The van der Waals surface area contributed by atoms with Gasteiger partial charge in [-0.15, -0.1) is 0 Å². The molecule has 0 radical (unpaired) electrons. The second-order valence-electron chi connectivity index (χ2n) is 6.83. The average Bonchev–Trinajstić information content (AvgIpc) is 3.28. The van der Waals surface area contributed by atoms with Crippen molar-refractivity contribution in [1.29, 1.82) is 0 Å². The lowest BCUT2D eigenvalue weighted by atomic mass is 10.0. The predicted octanol–water partition coefficient (Wildman–Crippen LogP) is 4.78. The standard InChI is InChI=1S/C24H22N4O2/c1-3-30-21-10-6-9-20(14-21)22-15-23(27-26-22)24(29)28-25-16(2)18-12-11-17-7-4-5-8-19(17)13-18/h4-15H,3H2,1-2H3,(H,26,27)(H,28,29)/b25-16-. The molecule has 0 saturated carbocycles. The van der Waals surface area contributed by atoms with Crippen molar-refractivity contribution in [2.24, 2.45) is 5.10 Å². The normalized spacial score (nSPS) is 11.5. The third-order valence-electron chi connectivity index (χ3n) is 4.76. The maximum Gasteiger partial charge on any atom is 0.289 e. The molecule has 4 aromatic rings. The van der Waals surface area contributed by atoms with Crippen LogP contribution in [0.5, 0.6) is 5.75 Å². The fraction of sp³-hybridized carbons (Fsp3) is 0.125. The number of nitrogens with one attached hydrogen (secondary N) is 2. The van der Waals surface area contributed by atoms with Crippen LogP contribution < -0.4 is 10.2 Å². The topological polar surface area (TPSA) is 79.4 Å². The molecule has 3 aromatic carbocycles. The van der Waals surface area contributed by atoms with Crippen molar-refractivity contribution < 1.29 is 9.53 Å². The summed E-state index contributed by atoms with van der Waals surface area (Å²) in [6.07, 6.45) is 0. The molecule has 0 saturated heterocycles. The number of ether oxygens (including phenoxy) is 1. The molecule has 1 aromatic heterocycles. The van der Waals surface area contributed by atoms with E-state index in [1.165, 1.54) is 0 Å². The second-order valence-corrected chi connectivity index (χ2v) is 6.83. The molecular formula is C24H22N4O2. The van der Waals surface area contributed by atoms with Crippen molar-refractivity contribution in [3.63, 3.8) is 0 Å². The van der Waals surface area contributed by atoms with Gasteiger partial charge in [0.1, 0.15) is 11.4 Å². The van der Waals surface area contributed by atoms with Crippen molar-refractivity contribution in [2.45, 2.75) is 13.8 Å². The van der Waals surface area contributed by atoms with Gasteiger partial charge < -0.3 is 4.74 Å². The zero-order valence-electron chi connectivity index (χ0n) is 16.8. The van der Waals surface area contributed by atoms with Gasteiger partial charge in [0.05, 0.1) is 18.0 Å². The number of benzene rings is 3. The molecule has 1 amide bonds. The lowest BCUT2D eigenvalue weighted by molar-refractivity contribution is 0.0950. The molecule has 0 unspecified atom stereocenters. The number of carbonyl (C=O) groups excluding carboxylic acids is 1. The summed E-state index contributed by atoms with van der Waals surface area (Å²) in [6.45, 7) is 4.39. The van der Waals surface area contributed by atoms with Gasteiger partial charge >= 0.3 is 0 Å². The summed E-state index contributed by atoms with van der Waals surface area (Å²) < 4.78 is 5.52. The molecule has 0 aliphatic rings. The molecule has 150 valence electrons. The Balaban J connectivity index is 1.48. The molecule has 6 nitrogen and oxygen atoms in total. The fourth-order valence-electron chi connectivity index (χ4n) is 3.17. The van der Waals surface area contributed by atoms with Crippen LogP contribution in [0, 0.1) is 0 Å². The number of carbonyl (C=O) groups is 1. The average molecular weight is 398 g/mol. The van der Waals surface area contributed by atoms with Gasteiger partial charge in [-0.3, -0.25) is 9.89 Å². The number of hydrazone groups is 1. The van der Waals surface area contributed by atoms with Gasteiger partial charge in [0.2, 0.25) is 0 Å². The van der Waals surface area contributed by atoms with Crippen molar-refractivity contribution in [3.05, 3.63) is 84.1 Å². The van der Waals surface area contributed by atoms with E-state index in [2.05, 4.69) is 38.9 Å². The zero-order chi connectivity index (χ0) is 20.9. The Morgan fingerprint density at radius 3 is 2.70 bits per heavy atom. The van der Waals surface area contributed by atoms with E-state index in [-0.39, 0.29) is 5.91 Å². The molecular weight excluding hydrogens is 376 g/mol. The monoisotopic (exact) mass is 398 g/mol. The zero-order valence-corrected chi connectivity index (χ0v) is 16.8. The van der Waals surface area contributed by atoms with Crippen LogP contribution in [-0.2, 0) is 0 Å². The molecule has 6 heteroatoms. The van der Waals surface area contributed by atoms with Crippen LogP contribution in [0.4, 0.5) is 0 Å². The quantitative estimate of drug-likeness (QED) is 0.362. The molecule has 0 spiro atoms. The Morgan fingerprint density at radius 1 is 1.03 bits per heavy atom. The highest BCUT2D eigenvalue weighted by Crippen LogP contribution is 2.23. The maximum atomic E-state index is 12.5. The second kappa shape index (κ2) is 8.61. The number of aromatic nitrogens is 2. The molecule has 2 N–H and O–H groups in total. The highest BCUT2D eigenvalue weighted by atomic mass is 16.5. The summed E-state index contributed by atoms with van der Waals surface area (Å²) in [4.78, 5) is 12.5. The van der Waals surface area contributed by atoms with Gasteiger partial charge in [0.25, 0.3) is 5.91 Å². The number of hydrogen-bond donors (Lipinski definition) is 2. The third-order valence-corrected chi connectivity index (χ3v) is 4.76. The summed E-state index contributed by atoms with van der Waals surface area (Å²) in [7, 11) is 0. The molecule has 0 aliphatic carbocycles. The first-order chi connectivity index (χ1) is 14.6. The minimum atomic E-state index is -0.352. The van der Waals surface area contributed by atoms with Gasteiger partial charge in [0, 0.05) is 5.56 Å². The highest BCUT2D eigenvalue weighted by molar-refractivity contribution is 6.03.